The minimum atomic E-state index is -0.112. The van der Waals surface area contributed by atoms with E-state index in [4.69, 9.17) is 9.47 Å². The zero-order chi connectivity index (χ0) is 12.6. The lowest BCUT2D eigenvalue weighted by atomic mass is 10.0. The monoisotopic (exact) mass is 249 g/mol. The second-order valence-corrected chi connectivity index (χ2v) is 4.37. The number of hydrogen-bond acceptors (Lipinski definition) is 4. The lowest BCUT2D eigenvalue weighted by molar-refractivity contribution is -0.149. The second kappa shape index (κ2) is 7.01. The van der Waals surface area contributed by atoms with Gasteiger partial charge in [-0.1, -0.05) is 18.2 Å². The largest absolute Gasteiger partial charge is 0.490 e. The van der Waals surface area contributed by atoms with Gasteiger partial charge in [0.05, 0.1) is 5.92 Å². The highest BCUT2D eigenvalue weighted by molar-refractivity contribution is 5.72. The van der Waals surface area contributed by atoms with Crippen LogP contribution in [0.25, 0.3) is 0 Å². The van der Waals surface area contributed by atoms with E-state index >= 15 is 0 Å². The van der Waals surface area contributed by atoms with Crippen LogP contribution in [0.15, 0.2) is 30.3 Å². The van der Waals surface area contributed by atoms with E-state index in [-0.39, 0.29) is 11.9 Å². The summed E-state index contributed by atoms with van der Waals surface area (Å²) >= 11 is 0. The van der Waals surface area contributed by atoms with E-state index in [1.54, 1.807) is 0 Å². The van der Waals surface area contributed by atoms with Gasteiger partial charge in [-0.3, -0.25) is 4.79 Å². The van der Waals surface area contributed by atoms with E-state index < -0.39 is 0 Å². The molecule has 0 spiro atoms. The SMILES string of the molecule is O=C(OCCOc1ccccc1)[C@@H]1CCCNC1. The van der Waals surface area contributed by atoms with Crippen LogP contribution in [0.2, 0.25) is 0 Å². The number of nitrogens with one attached hydrogen (secondary N) is 1. The first-order valence-corrected chi connectivity index (χ1v) is 6.41. The molecule has 0 aromatic heterocycles. The number of para-hydroxylation sites is 1. The Morgan fingerprint density at radius 1 is 1.28 bits per heavy atom. The van der Waals surface area contributed by atoms with Crippen LogP contribution in [0, 0.1) is 5.92 Å². The number of carbonyl (C=O) groups excluding carboxylic acids is 1. The lowest BCUT2D eigenvalue weighted by Gasteiger charge is -2.21. The first kappa shape index (κ1) is 12.9. The molecular weight excluding hydrogens is 230 g/mol. The predicted octanol–water partition coefficient (Wildman–Crippen LogP) is 1.61. The zero-order valence-corrected chi connectivity index (χ0v) is 10.4. The summed E-state index contributed by atoms with van der Waals surface area (Å²) in [5, 5.41) is 3.20. The minimum Gasteiger partial charge on any atom is -0.490 e. The second-order valence-electron chi connectivity index (χ2n) is 4.37. The molecule has 0 saturated carbocycles. The number of ether oxygens (including phenoxy) is 2. The predicted molar refractivity (Wildman–Crippen MR) is 68.5 cm³/mol. The first-order chi connectivity index (χ1) is 8.86. The van der Waals surface area contributed by atoms with Crippen LogP contribution in [0.1, 0.15) is 12.8 Å². The van der Waals surface area contributed by atoms with Crippen LogP contribution in [0.5, 0.6) is 5.75 Å². The standard InChI is InChI=1S/C14H19NO3/c16-14(12-5-4-8-15-11-12)18-10-9-17-13-6-2-1-3-7-13/h1-3,6-7,12,15H,4-5,8-11H2/t12-/m1/s1. The maximum atomic E-state index is 11.7. The molecule has 1 atom stereocenters. The highest BCUT2D eigenvalue weighted by Crippen LogP contribution is 2.12. The van der Waals surface area contributed by atoms with Crippen molar-refractivity contribution in [3.8, 4) is 5.75 Å². The smallest absolute Gasteiger partial charge is 0.310 e. The Morgan fingerprint density at radius 3 is 2.83 bits per heavy atom. The molecule has 0 bridgehead atoms. The van der Waals surface area contributed by atoms with Gasteiger partial charge in [0.15, 0.2) is 0 Å². The number of esters is 1. The van der Waals surface area contributed by atoms with Crippen LogP contribution >= 0.6 is 0 Å². The average Bonchev–Trinajstić information content (AvgIpc) is 2.45. The van der Waals surface area contributed by atoms with Gasteiger partial charge in [0.2, 0.25) is 0 Å². The van der Waals surface area contributed by atoms with Gasteiger partial charge in [-0.2, -0.15) is 0 Å². The van der Waals surface area contributed by atoms with Crippen molar-refractivity contribution < 1.29 is 14.3 Å². The summed E-state index contributed by atoms with van der Waals surface area (Å²) in [6.07, 6.45) is 1.96. The highest BCUT2D eigenvalue weighted by atomic mass is 16.6. The van der Waals surface area contributed by atoms with Gasteiger partial charge < -0.3 is 14.8 Å². The van der Waals surface area contributed by atoms with Gasteiger partial charge in [0.1, 0.15) is 19.0 Å². The van der Waals surface area contributed by atoms with Crippen LogP contribution in [0.3, 0.4) is 0 Å². The quantitative estimate of drug-likeness (QED) is 0.636. The summed E-state index contributed by atoms with van der Waals surface area (Å²) in [6.45, 7) is 2.44. The number of hydrogen-bond donors (Lipinski definition) is 1. The Morgan fingerprint density at radius 2 is 2.11 bits per heavy atom. The summed E-state index contributed by atoms with van der Waals surface area (Å²) < 4.78 is 10.7. The van der Waals surface area contributed by atoms with Gasteiger partial charge >= 0.3 is 5.97 Å². The van der Waals surface area contributed by atoms with Crippen molar-refractivity contribution in [1.29, 1.82) is 0 Å². The molecule has 4 nitrogen and oxygen atoms in total. The fourth-order valence-electron chi connectivity index (χ4n) is 1.99. The topological polar surface area (TPSA) is 47.6 Å². The van der Waals surface area contributed by atoms with Crippen molar-refractivity contribution in [2.75, 3.05) is 26.3 Å². The maximum Gasteiger partial charge on any atom is 0.310 e. The molecule has 1 aliphatic heterocycles. The number of piperidine rings is 1. The lowest BCUT2D eigenvalue weighted by Crippen LogP contribution is -2.35. The molecule has 0 aliphatic carbocycles. The van der Waals surface area contributed by atoms with E-state index in [2.05, 4.69) is 5.32 Å². The number of benzene rings is 1. The molecule has 1 saturated heterocycles. The molecule has 1 heterocycles. The van der Waals surface area contributed by atoms with E-state index in [0.29, 0.717) is 13.2 Å². The summed E-state index contributed by atoms with van der Waals surface area (Å²) in [6, 6.07) is 9.52. The van der Waals surface area contributed by atoms with Crippen LogP contribution in [0.4, 0.5) is 0 Å². The molecule has 1 N–H and O–H groups in total. The van der Waals surface area contributed by atoms with Crippen molar-refractivity contribution >= 4 is 5.97 Å². The molecule has 1 aromatic rings. The van der Waals surface area contributed by atoms with Gasteiger partial charge in [-0.15, -0.1) is 0 Å². The Balaban J connectivity index is 1.61. The molecule has 2 rings (SSSR count). The van der Waals surface area contributed by atoms with Crippen molar-refractivity contribution in [3.05, 3.63) is 30.3 Å². The fourth-order valence-corrected chi connectivity index (χ4v) is 1.99. The van der Waals surface area contributed by atoms with Crippen molar-refractivity contribution in [3.63, 3.8) is 0 Å². The number of rotatable bonds is 5. The molecule has 1 fully saturated rings. The Bertz CT molecular complexity index is 361. The Kier molecular flexibility index (Phi) is 5.02. The third kappa shape index (κ3) is 4.04. The molecule has 98 valence electrons. The van der Waals surface area contributed by atoms with Gasteiger partial charge in [0, 0.05) is 6.54 Å². The molecule has 0 radical (unpaired) electrons. The third-order valence-corrected chi connectivity index (χ3v) is 2.97. The highest BCUT2D eigenvalue weighted by Gasteiger charge is 2.21. The fraction of sp³-hybridized carbons (Fsp3) is 0.500. The number of carbonyl (C=O) groups is 1. The molecule has 0 amide bonds. The molecule has 18 heavy (non-hydrogen) atoms. The maximum absolute atomic E-state index is 11.7. The Hall–Kier alpha value is -1.55. The van der Waals surface area contributed by atoms with Crippen LogP contribution < -0.4 is 10.1 Å². The average molecular weight is 249 g/mol. The molecule has 4 heteroatoms. The van der Waals surface area contributed by atoms with Gasteiger partial charge in [-0.05, 0) is 31.5 Å². The summed E-state index contributed by atoms with van der Waals surface area (Å²) in [7, 11) is 0. The third-order valence-electron chi connectivity index (χ3n) is 2.97. The van der Waals surface area contributed by atoms with Gasteiger partial charge in [-0.25, -0.2) is 0 Å². The molecule has 0 unspecified atom stereocenters. The van der Waals surface area contributed by atoms with E-state index in [1.165, 1.54) is 0 Å². The first-order valence-electron chi connectivity index (χ1n) is 6.41. The zero-order valence-electron chi connectivity index (χ0n) is 10.4. The minimum absolute atomic E-state index is 0.00970. The van der Waals surface area contributed by atoms with Crippen molar-refractivity contribution in [2.45, 2.75) is 12.8 Å². The van der Waals surface area contributed by atoms with Gasteiger partial charge in [0.25, 0.3) is 0 Å². The van der Waals surface area contributed by atoms with E-state index in [9.17, 15) is 4.79 Å². The summed E-state index contributed by atoms with van der Waals surface area (Å²) in [5.74, 6) is 0.696. The van der Waals surface area contributed by atoms with E-state index in [1.807, 2.05) is 30.3 Å². The molecular formula is C14H19NO3. The van der Waals surface area contributed by atoms with Crippen LogP contribution in [-0.2, 0) is 9.53 Å². The molecule has 1 aromatic carbocycles. The van der Waals surface area contributed by atoms with Crippen molar-refractivity contribution in [2.24, 2.45) is 5.92 Å². The summed E-state index contributed by atoms with van der Waals surface area (Å²) in [4.78, 5) is 11.7. The van der Waals surface area contributed by atoms with Crippen molar-refractivity contribution in [1.82, 2.24) is 5.32 Å². The summed E-state index contributed by atoms with van der Waals surface area (Å²) in [5.41, 5.74) is 0. The molecule has 1 aliphatic rings. The van der Waals surface area contributed by atoms with E-state index in [0.717, 1.165) is 31.7 Å². The normalized spacial score (nSPS) is 19.2. The Labute approximate surface area is 107 Å². The van der Waals surface area contributed by atoms with Crippen LogP contribution in [-0.4, -0.2) is 32.3 Å².